The van der Waals surface area contributed by atoms with Gasteiger partial charge in [-0.25, -0.2) is 0 Å². The van der Waals surface area contributed by atoms with Crippen molar-refractivity contribution >= 4 is 16.5 Å². The summed E-state index contributed by atoms with van der Waals surface area (Å²) < 4.78 is 0. The smallest absolute Gasteiger partial charge is 0.560 e. The Morgan fingerprint density at radius 3 is 2.64 bits per heavy atom. The van der Waals surface area contributed by atoms with Gasteiger partial charge in [-0.3, -0.25) is 4.79 Å². The molecule has 0 aliphatic rings. The summed E-state index contributed by atoms with van der Waals surface area (Å²) in [5.41, 5.74) is 4.92. The fourth-order valence-corrected chi connectivity index (χ4v) is 1.22. The van der Waals surface area contributed by atoms with E-state index in [4.69, 9.17) is 5.73 Å². The molecule has 1 aromatic heterocycles. The first-order valence-electron chi connectivity index (χ1n) is 3.64. The molecule has 0 atom stereocenters. The van der Waals surface area contributed by atoms with Crippen molar-refractivity contribution in [3.63, 3.8) is 0 Å². The van der Waals surface area contributed by atoms with Crippen molar-refractivity contribution in [2.24, 2.45) is 0 Å². The maximum absolute atomic E-state index is 11.2. The summed E-state index contributed by atoms with van der Waals surface area (Å²) in [6, 6.07) is 4.70. The van der Waals surface area contributed by atoms with Crippen LogP contribution in [0, 0.1) is 0 Å². The van der Waals surface area contributed by atoms with Gasteiger partial charge in [0.2, 0.25) is 5.56 Å². The Labute approximate surface area is 101 Å². The van der Waals surface area contributed by atoms with Gasteiger partial charge >= 0.3 is 29.6 Å². The van der Waals surface area contributed by atoms with Gasteiger partial charge in [0, 0.05) is 11.1 Å². The summed E-state index contributed by atoms with van der Waals surface area (Å²) in [6.07, 6.45) is 0. The van der Waals surface area contributed by atoms with Gasteiger partial charge in [0.05, 0.1) is 10.9 Å². The quantitative estimate of drug-likeness (QED) is 0.339. The van der Waals surface area contributed by atoms with Crippen LogP contribution in [0.1, 0.15) is 0 Å². The van der Waals surface area contributed by atoms with Gasteiger partial charge in [0.25, 0.3) is 0 Å². The molecule has 0 fully saturated rings. The molecule has 3 N–H and O–H groups in total. The molecule has 0 bridgehead atoms. The minimum absolute atomic E-state index is 0. The van der Waals surface area contributed by atoms with E-state index < -0.39 is 11.1 Å². The number of H-pyrrole nitrogens is 1. The first-order chi connectivity index (χ1) is 6.20. The van der Waals surface area contributed by atoms with Crippen molar-refractivity contribution in [3.8, 4) is 0 Å². The van der Waals surface area contributed by atoms with E-state index in [0.717, 1.165) is 0 Å². The number of anilines is 1. The van der Waals surface area contributed by atoms with Gasteiger partial charge in [-0.2, -0.15) is 0 Å². The number of benzene rings is 1. The van der Waals surface area contributed by atoms with Gasteiger partial charge in [-0.05, 0) is 6.07 Å². The third-order valence-electron chi connectivity index (χ3n) is 1.81. The largest absolute Gasteiger partial charge is 1.00 e. The third-order valence-corrected chi connectivity index (χ3v) is 1.81. The average molecular weight is 199 g/mol. The molecule has 66 valence electrons. The average Bonchev–Trinajstić information content (AvgIpc) is 2.12. The van der Waals surface area contributed by atoms with Gasteiger partial charge in [0.1, 0.15) is 0 Å². The van der Waals surface area contributed by atoms with Crippen LogP contribution in [0.4, 0.5) is 5.69 Å². The number of fused-ring (bicyclic) bond motifs is 1. The van der Waals surface area contributed by atoms with Crippen LogP contribution in [0.5, 0.6) is 0 Å². The van der Waals surface area contributed by atoms with Crippen LogP contribution in [0.25, 0.3) is 10.8 Å². The predicted molar refractivity (Wildman–Crippen MR) is 48.6 cm³/mol. The number of aromatic nitrogens is 2. The molecule has 0 aliphatic carbocycles. The molecule has 5 nitrogen and oxygen atoms in total. The molecule has 6 heteroatoms. The molecular formula is C8H6N3NaO2. The van der Waals surface area contributed by atoms with Gasteiger partial charge in [0.15, 0.2) is 0 Å². The number of aromatic amines is 1. The van der Waals surface area contributed by atoms with Crippen LogP contribution in [-0.4, -0.2) is 5.10 Å². The van der Waals surface area contributed by atoms with Crippen molar-refractivity contribution < 1.29 is 29.6 Å². The molecule has 0 amide bonds. The zero-order valence-corrected chi connectivity index (χ0v) is 9.57. The number of nitrogens with zero attached hydrogens (tertiary/aromatic N) is 1. The van der Waals surface area contributed by atoms with Crippen LogP contribution in [0.15, 0.2) is 27.8 Å². The minimum atomic E-state index is -0.470. The van der Waals surface area contributed by atoms with E-state index in [0.29, 0.717) is 5.69 Å². The Morgan fingerprint density at radius 1 is 1.29 bits per heavy atom. The normalized spacial score (nSPS) is 9.71. The summed E-state index contributed by atoms with van der Waals surface area (Å²) in [5.74, 6) is 0. The Balaban J connectivity index is 0.000000980. The molecule has 0 saturated carbocycles. The van der Waals surface area contributed by atoms with E-state index >= 15 is 0 Å². The maximum atomic E-state index is 11.2. The molecule has 14 heavy (non-hydrogen) atoms. The molecule has 0 saturated heterocycles. The van der Waals surface area contributed by atoms with Crippen LogP contribution in [0.3, 0.4) is 0 Å². The SMILES string of the molecule is Nc1cccc2c(=O)[n-][nH]c(=O)c12.[Na+]. The summed E-state index contributed by atoms with van der Waals surface area (Å²) >= 11 is 0. The zero-order valence-electron chi connectivity index (χ0n) is 7.57. The van der Waals surface area contributed by atoms with E-state index in [9.17, 15) is 9.59 Å². The predicted octanol–water partition coefficient (Wildman–Crippen LogP) is -3.57. The molecule has 2 aromatic rings. The second-order valence-corrected chi connectivity index (χ2v) is 2.63. The van der Waals surface area contributed by atoms with Crippen molar-refractivity contribution in [1.82, 2.24) is 10.2 Å². The number of rotatable bonds is 0. The molecule has 0 radical (unpaired) electrons. The van der Waals surface area contributed by atoms with E-state index in [-0.39, 0.29) is 40.3 Å². The molecule has 2 rings (SSSR count). The summed E-state index contributed by atoms with van der Waals surface area (Å²) in [6.45, 7) is 0. The second-order valence-electron chi connectivity index (χ2n) is 2.63. The second kappa shape index (κ2) is 4.00. The molecular weight excluding hydrogens is 193 g/mol. The van der Waals surface area contributed by atoms with E-state index in [2.05, 4.69) is 10.2 Å². The first kappa shape index (κ1) is 11.0. The third kappa shape index (κ3) is 1.61. The van der Waals surface area contributed by atoms with E-state index in [1.807, 2.05) is 0 Å². The van der Waals surface area contributed by atoms with Crippen molar-refractivity contribution in [1.29, 1.82) is 0 Å². The fourth-order valence-electron chi connectivity index (χ4n) is 1.22. The Morgan fingerprint density at radius 2 is 2.00 bits per heavy atom. The van der Waals surface area contributed by atoms with Crippen molar-refractivity contribution in [3.05, 3.63) is 38.9 Å². The molecule has 1 aromatic carbocycles. The number of nitrogens with two attached hydrogens (primary N) is 1. The van der Waals surface area contributed by atoms with E-state index in [1.54, 1.807) is 12.1 Å². The summed E-state index contributed by atoms with van der Waals surface area (Å²) in [7, 11) is 0. The van der Waals surface area contributed by atoms with Crippen LogP contribution in [-0.2, 0) is 0 Å². The van der Waals surface area contributed by atoms with Crippen molar-refractivity contribution in [2.45, 2.75) is 0 Å². The van der Waals surface area contributed by atoms with Gasteiger partial charge < -0.3 is 20.7 Å². The number of hydrogen-bond acceptors (Lipinski definition) is 3. The summed E-state index contributed by atoms with van der Waals surface area (Å²) in [5, 5.41) is 5.85. The monoisotopic (exact) mass is 199 g/mol. The topological polar surface area (TPSA) is 90.1 Å². The Hall–Kier alpha value is -1.04. The van der Waals surface area contributed by atoms with Gasteiger partial charge in [-0.1, -0.05) is 12.1 Å². The first-order valence-corrected chi connectivity index (χ1v) is 3.64. The zero-order chi connectivity index (χ0) is 9.42. The number of nitrogen functional groups attached to an aromatic ring is 1. The molecule has 1 heterocycles. The van der Waals surface area contributed by atoms with Crippen LogP contribution in [0.2, 0.25) is 0 Å². The fraction of sp³-hybridized carbons (Fsp3) is 0. The van der Waals surface area contributed by atoms with Gasteiger partial charge in [-0.15, -0.1) is 0 Å². The van der Waals surface area contributed by atoms with Crippen LogP contribution < -0.4 is 51.5 Å². The standard InChI is InChI=1S/C8H7N3O2.Na/c9-5-3-1-2-4-6(5)8(13)11-10-7(4)12;/h1-3H,(H4,9,10,11,12,13);/q;+1/p-1. The van der Waals surface area contributed by atoms with Crippen LogP contribution >= 0.6 is 0 Å². The Kier molecular flexibility index (Phi) is 3.15. The number of nitrogens with one attached hydrogen (secondary N) is 1. The Bertz CT molecular complexity index is 573. The maximum Gasteiger partial charge on any atom is 1.00 e. The minimum Gasteiger partial charge on any atom is -0.560 e. The molecule has 0 unspecified atom stereocenters. The van der Waals surface area contributed by atoms with E-state index in [1.165, 1.54) is 6.07 Å². The van der Waals surface area contributed by atoms with Crippen molar-refractivity contribution in [2.75, 3.05) is 5.73 Å². The number of hydrogen-bond donors (Lipinski definition) is 2. The molecule has 0 aliphatic heterocycles. The molecule has 0 spiro atoms. The summed E-state index contributed by atoms with van der Waals surface area (Å²) in [4.78, 5) is 22.4.